The summed E-state index contributed by atoms with van der Waals surface area (Å²) in [6, 6.07) is 6.48. The van der Waals surface area contributed by atoms with Gasteiger partial charge in [-0.15, -0.1) is 12.4 Å². The number of hydrogen-bond donors (Lipinski definition) is 1. The number of rotatable bonds is 2. The highest BCUT2D eigenvalue weighted by atomic mass is 35.5. The van der Waals surface area contributed by atoms with Gasteiger partial charge in [-0.3, -0.25) is 4.79 Å². The second-order valence-electron chi connectivity index (χ2n) is 6.85. The molecule has 0 aromatic heterocycles. The summed E-state index contributed by atoms with van der Waals surface area (Å²) in [5.74, 6) is -0.0259. The van der Waals surface area contributed by atoms with Crippen molar-refractivity contribution in [1.29, 1.82) is 0 Å². The second kappa shape index (κ2) is 8.28. The molecule has 1 aromatic rings. The Balaban J connectivity index is 0.00000208. The van der Waals surface area contributed by atoms with Crippen molar-refractivity contribution in [1.82, 2.24) is 4.90 Å². The van der Waals surface area contributed by atoms with Crippen LogP contribution in [0.4, 0.5) is 4.39 Å². The van der Waals surface area contributed by atoms with Gasteiger partial charge in [0.25, 0.3) is 0 Å². The molecule has 2 N–H and O–H groups in total. The molecular formula is C18H26ClFN2O2. The predicted octanol–water partition coefficient (Wildman–Crippen LogP) is 3.05. The highest BCUT2D eigenvalue weighted by molar-refractivity contribution is 5.85. The highest BCUT2D eigenvalue weighted by Gasteiger charge is 2.34. The molecule has 1 saturated heterocycles. The summed E-state index contributed by atoms with van der Waals surface area (Å²) in [5, 5.41) is 0. The molecular weight excluding hydrogens is 331 g/mol. The lowest BCUT2D eigenvalue weighted by molar-refractivity contribution is -0.150. The third kappa shape index (κ3) is 4.47. The fourth-order valence-corrected chi connectivity index (χ4v) is 3.70. The summed E-state index contributed by atoms with van der Waals surface area (Å²) in [4.78, 5) is 14.7. The van der Waals surface area contributed by atoms with E-state index in [1.165, 1.54) is 12.1 Å². The van der Waals surface area contributed by atoms with Crippen LogP contribution in [0.15, 0.2) is 24.3 Å². The molecule has 4 unspecified atom stereocenters. The summed E-state index contributed by atoms with van der Waals surface area (Å²) >= 11 is 0. The molecule has 6 heteroatoms. The number of benzene rings is 1. The van der Waals surface area contributed by atoms with Crippen LogP contribution in [-0.4, -0.2) is 36.0 Å². The molecule has 1 aromatic carbocycles. The summed E-state index contributed by atoms with van der Waals surface area (Å²) in [6.45, 7) is 3.12. The van der Waals surface area contributed by atoms with Gasteiger partial charge in [-0.1, -0.05) is 18.6 Å². The Morgan fingerprint density at radius 3 is 2.62 bits per heavy atom. The normalized spacial score (nSPS) is 30.5. The van der Waals surface area contributed by atoms with Gasteiger partial charge < -0.3 is 15.4 Å². The molecule has 2 aliphatic rings. The molecule has 0 bridgehead atoms. The lowest BCUT2D eigenvalue weighted by Crippen LogP contribution is -2.49. The van der Waals surface area contributed by atoms with E-state index in [1.54, 1.807) is 12.1 Å². The van der Waals surface area contributed by atoms with Crippen molar-refractivity contribution in [3.8, 4) is 0 Å². The molecule has 1 saturated carbocycles. The molecule has 2 fully saturated rings. The van der Waals surface area contributed by atoms with E-state index in [0.29, 0.717) is 13.1 Å². The number of amides is 1. The quantitative estimate of drug-likeness (QED) is 0.886. The minimum atomic E-state index is -0.262. The topological polar surface area (TPSA) is 55.6 Å². The van der Waals surface area contributed by atoms with Crippen molar-refractivity contribution in [3.05, 3.63) is 35.6 Å². The second-order valence-corrected chi connectivity index (χ2v) is 6.85. The van der Waals surface area contributed by atoms with Gasteiger partial charge in [0.2, 0.25) is 5.91 Å². The van der Waals surface area contributed by atoms with Crippen LogP contribution in [0.3, 0.4) is 0 Å². The largest absolute Gasteiger partial charge is 0.367 e. The lowest BCUT2D eigenvalue weighted by Gasteiger charge is -2.39. The fourth-order valence-electron chi connectivity index (χ4n) is 3.70. The molecule has 1 heterocycles. The van der Waals surface area contributed by atoms with Crippen molar-refractivity contribution in [2.24, 2.45) is 11.7 Å². The molecule has 134 valence electrons. The van der Waals surface area contributed by atoms with E-state index < -0.39 is 0 Å². The number of ether oxygens (including phenoxy) is 1. The van der Waals surface area contributed by atoms with Gasteiger partial charge >= 0.3 is 0 Å². The standard InChI is InChI=1S/C18H25FN2O2.ClH/c1-12-10-21(18(22)14-3-2-4-16(20)9-14)11-17(23-12)13-5-7-15(19)8-6-13;/h5-8,12,14,16-17H,2-4,9-11,20H2,1H3;1H. The summed E-state index contributed by atoms with van der Waals surface area (Å²) in [6.07, 6.45) is 3.53. The molecule has 4 atom stereocenters. The van der Waals surface area contributed by atoms with Gasteiger partial charge in [-0.2, -0.15) is 0 Å². The van der Waals surface area contributed by atoms with E-state index in [4.69, 9.17) is 10.5 Å². The van der Waals surface area contributed by atoms with Crippen LogP contribution in [0.1, 0.15) is 44.3 Å². The number of nitrogens with zero attached hydrogens (tertiary/aromatic N) is 1. The number of hydrogen-bond acceptors (Lipinski definition) is 3. The lowest BCUT2D eigenvalue weighted by atomic mass is 9.85. The molecule has 4 nitrogen and oxygen atoms in total. The number of nitrogens with two attached hydrogens (primary N) is 1. The first-order valence-electron chi connectivity index (χ1n) is 8.48. The van der Waals surface area contributed by atoms with Crippen LogP contribution in [-0.2, 0) is 9.53 Å². The summed E-state index contributed by atoms with van der Waals surface area (Å²) in [5.41, 5.74) is 6.93. The Morgan fingerprint density at radius 2 is 1.96 bits per heavy atom. The van der Waals surface area contributed by atoms with Crippen LogP contribution in [0, 0.1) is 11.7 Å². The van der Waals surface area contributed by atoms with Gasteiger partial charge in [-0.05, 0) is 43.9 Å². The maximum absolute atomic E-state index is 13.1. The fraction of sp³-hybridized carbons (Fsp3) is 0.611. The molecule has 1 aliphatic heterocycles. The van der Waals surface area contributed by atoms with Crippen LogP contribution in [0.2, 0.25) is 0 Å². The van der Waals surface area contributed by atoms with Gasteiger partial charge in [0.15, 0.2) is 0 Å². The van der Waals surface area contributed by atoms with Crippen LogP contribution in [0.25, 0.3) is 0 Å². The van der Waals surface area contributed by atoms with Crippen molar-refractivity contribution < 1.29 is 13.9 Å². The number of morpholine rings is 1. The van der Waals surface area contributed by atoms with Crippen molar-refractivity contribution >= 4 is 18.3 Å². The first kappa shape index (κ1) is 19.2. The van der Waals surface area contributed by atoms with E-state index >= 15 is 0 Å². The Kier molecular flexibility index (Phi) is 6.61. The number of carbonyl (C=O) groups is 1. The van der Waals surface area contributed by atoms with Crippen LogP contribution in [0.5, 0.6) is 0 Å². The SMILES string of the molecule is CC1CN(C(=O)C2CCCC(N)C2)CC(c2ccc(F)cc2)O1.Cl. The minimum absolute atomic E-state index is 0. The Morgan fingerprint density at radius 1 is 1.25 bits per heavy atom. The monoisotopic (exact) mass is 356 g/mol. The molecule has 0 radical (unpaired) electrons. The van der Waals surface area contributed by atoms with Crippen molar-refractivity contribution in [3.63, 3.8) is 0 Å². The molecule has 3 rings (SSSR count). The third-order valence-corrected chi connectivity index (χ3v) is 4.88. The van der Waals surface area contributed by atoms with Gasteiger partial charge in [-0.25, -0.2) is 4.39 Å². The van der Waals surface area contributed by atoms with Gasteiger partial charge in [0.05, 0.1) is 12.6 Å². The molecule has 1 aliphatic carbocycles. The van der Waals surface area contributed by atoms with E-state index in [2.05, 4.69) is 0 Å². The summed E-state index contributed by atoms with van der Waals surface area (Å²) < 4.78 is 19.1. The van der Waals surface area contributed by atoms with E-state index in [9.17, 15) is 9.18 Å². The van der Waals surface area contributed by atoms with Crippen LogP contribution >= 0.6 is 12.4 Å². The van der Waals surface area contributed by atoms with Gasteiger partial charge in [0.1, 0.15) is 11.9 Å². The van der Waals surface area contributed by atoms with Crippen molar-refractivity contribution in [2.75, 3.05) is 13.1 Å². The zero-order valence-corrected chi connectivity index (χ0v) is 14.8. The third-order valence-electron chi connectivity index (χ3n) is 4.88. The first-order chi connectivity index (χ1) is 11.0. The average Bonchev–Trinajstić information content (AvgIpc) is 2.54. The Labute approximate surface area is 148 Å². The highest BCUT2D eigenvalue weighted by Crippen LogP contribution is 2.30. The van der Waals surface area contributed by atoms with Gasteiger partial charge in [0, 0.05) is 18.5 Å². The summed E-state index contributed by atoms with van der Waals surface area (Å²) in [7, 11) is 0. The zero-order chi connectivity index (χ0) is 16.4. The van der Waals surface area contributed by atoms with E-state index in [0.717, 1.165) is 31.2 Å². The van der Waals surface area contributed by atoms with Crippen molar-refractivity contribution in [2.45, 2.75) is 50.9 Å². The number of carbonyl (C=O) groups excluding carboxylic acids is 1. The maximum Gasteiger partial charge on any atom is 0.225 e. The molecule has 0 spiro atoms. The molecule has 24 heavy (non-hydrogen) atoms. The van der Waals surface area contributed by atoms with Crippen LogP contribution < -0.4 is 5.73 Å². The Hall–Kier alpha value is -1.17. The average molecular weight is 357 g/mol. The maximum atomic E-state index is 13.1. The predicted molar refractivity (Wildman–Crippen MR) is 93.4 cm³/mol. The smallest absolute Gasteiger partial charge is 0.225 e. The Bertz CT molecular complexity index is 554. The first-order valence-corrected chi connectivity index (χ1v) is 8.48. The van der Waals surface area contributed by atoms with E-state index in [1.807, 2.05) is 11.8 Å². The number of halogens is 2. The molecule has 1 amide bonds. The van der Waals surface area contributed by atoms with E-state index in [-0.39, 0.29) is 48.3 Å². The zero-order valence-electron chi connectivity index (χ0n) is 14.0. The minimum Gasteiger partial charge on any atom is -0.367 e.